The summed E-state index contributed by atoms with van der Waals surface area (Å²) in [4.78, 5) is 22.2. The Bertz CT molecular complexity index is 375. The second kappa shape index (κ2) is 4.90. The summed E-state index contributed by atoms with van der Waals surface area (Å²) < 4.78 is 39.5. The molecule has 0 aromatic rings. The maximum Gasteiger partial charge on any atom is 0.348 e. The molecule has 0 amide bonds. The van der Waals surface area contributed by atoms with E-state index in [1.807, 2.05) is 0 Å². The molecule has 1 rings (SSSR count). The number of hydrogen-bond acceptors (Lipinski definition) is 5. The topological polar surface area (TPSA) is 77.5 Å². The molecule has 0 saturated carbocycles. The maximum atomic E-state index is 13.2. The van der Waals surface area contributed by atoms with Crippen LogP contribution in [0.15, 0.2) is 0 Å². The number of carbonyl (C=O) groups is 2. The number of alkyl halides is 1. The molecule has 0 aromatic heterocycles. The highest BCUT2D eigenvalue weighted by molar-refractivity contribution is 7.91. The number of carbonyl (C=O) groups excluding carboxylic acids is 2. The van der Waals surface area contributed by atoms with Crippen LogP contribution in [0.2, 0.25) is 0 Å². The fourth-order valence-electron chi connectivity index (χ4n) is 1.60. The minimum atomic E-state index is -3.09. The van der Waals surface area contributed by atoms with Crippen LogP contribution in [0.25, 0.3) is 0 Å². The zero-order valence-corrected chi connectivity index (χ0v) is 9.63. The van der Waals surface area contributed by atoms with E-state index >= 15 is 0 Å². The van der Waals surface area contributed by atoms with Crippen molar-refractivity contribution in [2.24, 2.45) is 5.92 Å². The zero-order valence-electron chi connectivity index (χ0n) is 8.81. The van der Waals surface area contributed by atoms with E-state index in [1.54, 1.807) is 0 Å². The lowest BCUT2D eigenvalue weighted by atomic mass is 9.94. The molecular weight excluding hydrogens is 239 g/mol. The van der Waals surface area contributed by atoms with Crippen molar-refractivity contribution in [3.8, 4) is 0 Å². The fourth-order valence-corrected chi connectivity index (χ4v) is 3.09. The standard InChI is InChI=1S/C9H13FO5S/c1-15-9(12)7(10)8(11)6-2-4-16(13,14)5-3-6/h6-7H,2-5H2,1H3. The third-order valence-corrected chi connectivity index (χ3v) is 4.33. The van der Waals surface area contributed by atoms with E-state index in [0.29, 0.717) is 0 Å². The summed E-state index contributed by atoms with van der Waals surface area (Å²) in [6.45, 7) is 0. The Morgan fingerprint density at radius 3 is 2.25 bits per heavy atom. The van der Waals surface area contributed by atoms with Gasteiger partial charge in [-0.15, -0.1) is 0 Å². The molecule has 0 aromatic carbocycles. The first-order valence-corrected chi connectivity index (χ1v) is 6.65. The van der Waals surface area contributed by atoms with E-state index < -0.39 is 33.7 Å². The van der Waals surface area contributed by atoms with Crippen molar-refractivity contribution < 1.29 is 27.1 Å². The molecule has 0 bridgehead atoms. The first kappa shape index (κ1) is 13.1. The van der Waals surface area contributed by atoms with Gasteiger partial charge < -0.3 is 4.74 Å². The van der Waals surface area contributed by atoms with Crippen LogP contribution in [0.4, 0.5) is 4.39 Å². The summed E-state index contributed by atoms with van der Waals surface area (Å²) in [5, 5.41) is 0. The summed E-state index contributed by atoms with van der Waals surface area (Å²) >= 11 is 0. The molecule has 0 radical (unpaired) electrons. The Balaban J connectivity index is 2.60. The minimum absolute atomic E-state index is 0.0819. The van der Waals surface area contributed by atoms with E-state index in [1.165, 1.54) is 0 Å². The molecule has 0 spiro atoms. The summed E-state index contributed by atoms with van der Waals surface area (Å²) in [6.07, 6.45) is -2.13. The van der Waals surface area contributed by atoms with Gasteiger partial charge in [0.1, 0.15) is 9.84 Å². The lowest BCUT2D eigenvalue weighted by Crippen LogP contribution is -2.36. The molecule has 0 N–H and O–H groups in total. The number of sulfone groups is 1. The number of ketones is 1. The first-order chi connectivity index (χ1) is 7.37. The first-order valence-electron chi connectivity index (χ1n) is 4.83. The second-order valence-corrected chi connectivity index (χ2v) is 6.02. The Morgan fingerprint density at radius 1 is 1.31 bits per heavy atom. The lowest BCUT2D eigenvalue weighted by molar-refractivity contribution is -0.151. The van der Waals surface area contributed by atoms with Crippen molar-refractivity contribution in [3.05, 3.63) is 0 Å². The Labute approximate surface area is 92.9 Å². The highest BCUT2D eigenvalue weighted by Crippen LogP contribution is 2.22. The van der Waals surface area contributed by atoms with Crippen LogP contribution in [-0.2, 0) is 24.2 Å². The Kier molecular flexibility index (Phi) is 4.01. The van der Waals surface area contributed by atoms with Gasteiger partial charge in [0.05, 0.1) is 18.6 Å². The van der Waals surface area contributed by atoms with Gasteiger partial charge in [0.25, 0.3) is 6.17 Å². The summed E-state index contributed by atoms with van der Waals surface area (Å²) in [6, 6.07) is 0. The molecule has 1 aliphatic heterocycles. The van der Waals surface area contributed by atoms with Crippen LogP contribution in [0.5, 0.6) is 0 Å². The van der Waals surface area contributed by atoms with Crippen molar-refractivity contribution in [2.45, 2.75) is 19.0 Å². The molecule has 1 atom stereocenters. The largest absolute Gasteiger partial charge is 0.467 e. The fraction of sp³-hybridized carbons (Fsp3) is 0.778. The van der Waals surface area contributed by atoms with Crippen molar-refractivity contribution >= 4 is 21.6 Å². The van der Waals surface area contributed by atoms with E-state index in [9.17, 15) is 22.4 Å². The van der Waals surface area contributed by atoms with Crippen molar-refractivity contribution in [3.63, 3.8) is 0 Å². The third-order valence-electron chi connectivity index (χ3n) is 2.61. The van der Waals surface area contributed by atoms with E-state index in [-0.39, 0.29) is 24.3 Å². The van der Waals surface area contributed by atoms with E-state index in [2.05, 4.69) is 4.74 Å². The predicted octanol–water partition coefficient (Wildman–Crippen LogP) is -0.109. The molecule has 0 aliphatic carbocycles. The quantitative estimate of drug-likeness (QED) is 0.517. The summed E-state index contributed by atoms with van der Waals surface area (Å²) in [5.74, 6) is -3.05. The van der Waals surface area contributed by atoms with Gasteiger partial charge in [-0.1, -0.05) is 0 Å². The molecule has 1 unspecified atom stereocenters. The Hall–Kier alpha value is -0.980. The molecule has 1 aliphatic rings. The van der Waals surface area contributed by atoms with Gasteiger partial charge >= 0.3 is 5.97 Å². The molecule has 16 heavy (non-hydrogen) atoms. The van der Waals surface area contributed by atoms with Gasteiger partial charge in [-0.05, 0) is 12.8 Å². The predicted molar refractivity (Wildman–Crippen MR) is 53.3 cm³/mol. The van der Waals surface area contributed by atoms with Crippen LogP contribution in [0.1, 0.15) is 12.8 Å². The average Bonchev–Trinajstić information content (AvgIpc) is 2.26. The Morgan fingerprint density at radius 2 is 1.81 bits per heavy atom. The van der Waals surface area contributed by atoms with Crippen molar-refractivity contribution in [1.29, 1.82) is 0 Å². The molecule has 92 valence electrons. The number of Topliss-reactive ketones (excluding diaryl/α,β-unsaturated/α-hetero) is 1. The zero-order chi connectivity index (χ0) is 12.3. The molecule has 1 saturated heterocycles. The SMILES string of the molecule is COC(=O)C(F)C(=O)C1CCS(=O)(=O)CC1. The van der Waals surface area contributed by atoms with E-state index in [4.69, 9.17) is 0 Å². The molecule has 5 nitrogen and oxygen atoms in total. The highest BCUT2D eigenvalue weighted by Gasteiger charge is 2.36. The maximum absolute atomic E-state index is 13.2. The van der Waals surface area contributed by atoms with E-state index in [0.717, 1.165) is 7.11 Å². The van der Waals surface area contributed by atoms with Crippen LogP contribution in [0.3, 0.4) is 0 Å². The van der Waals surface area contributed by atoms with Crippen LogP contribution in [-0.4, -0.2) is 45.0 Å². The second-order valence-electron chi connectivity index (χ2n) is 3.71. The number of hydrogen-bond donors (Lipinski definition) is 0. The summed E-state index contributed by atoms with van der Waals surface area (Å²) in [5.41, 5.74) is 0. The number of methoxy groups -OCH3 is 1. The van der Waals surface area contributed by atoms with Gasteiger partial charge in [-0.2, -0.15) is 0 Å². The van der Waals surface area contributed by atoms with Crippen molar-refractivity contribution in [2.75, 3.05) is 18.6 Å². The smallest absolute Gasteiger partial charge is 0.348 e. The highest BCUT2D eigenvalue weighted by atomic mass is 32.2. The van der Waals surface area contributed by atoms with Gasteiger partial charge in [-0.3, -0.25) is 4.79 Å². The van der Waals surface area contributed by atoms with Gasteiger partial charge in [0.15, 0.2) is 5.78 Å². The third kappa shape index (κ3) is 3.01. The normalized spacial score (nSPS) is 22.4. The number of esters is 1. The van der Waals surface area contributed by atoms with Gasteiger partial charge in [0.2, 0.25) is 0 Å². The monoisotopic (exact) mass is 252 g/mol. The number of ether oxygens (including phenoxy) is 1. The number of halogens is 1. The average molecular weight is 252 g/mol. The van der Waals surface area contributed by atoms with Crippen LogP contribution >= 0.6 is 0 Å². The molecule has 1 fully saturated rings. The van der Waals surface area contributed by atoms with Crippen molar-refractivity contribution in [1.82, 2.24) is 0 Å². The molecule has 7 heteroatoms. The lowest BCUT2D eigenvalue weighted by Gasteiger charge is -2.21. The molecular formula is C9H13FO5S. The van der Waals surface area contributed by atoms with Gasteiger partial charge in [0, 0.05) is 5.92 Å². The number of rotatable bonds is 3. The summed E-state index contributed by atoms with van der Waals surface area (Å²) in [7, 11) is -2.10. The van der Waals surface area contributed by atoms with Crippen LogP contribution in [0, 0.1) is 5.92 Å². The van der Waals surface area contributed by atoms with Gasteiger partial charge in [-0.25, -0.2) is 17.6 Å². The minimum Gasteiger partial charge on any atom is -0.467 e. The molecule has 1 heterocycles. The van der Waals surface area contributed by atoms with Crippen LogP contribution < -0.4 is 0 Å².